The van der Waals surface area contributed by atoms with E-state index in [9.17, 15) is 0 Å². The summed E-state index contributed by atoms with van der Waals surface area (Å²) in [5.74, 6) is 1.17. The number of benzene rings is 1. The molecule has 1 saturated heterocycles. The Morgan fingerprint density at radius 1 is 1.19 bits per heavy atom. The fraction of sp³-hybridized carbons (Fsp3) is 0.438. The van der Waals surface area contributed by atoms with Crippen LogP contribution in [0.15, 0.2) is 30.3 Å². The zero-order chi connectivity index (χ0) is 14.7. The van der Waals surface area contributed by atoms with Gasteiger partial charge in [0.25, 0.3) is 0 Å². The average molecular weight is 286 g/mol. The Morgan fingerprint density at radius 3 is 2.57 bits per heavy atom. The minimum absolute atomic E-state index is 0.638. The van der Waals surface area contributed by atoms with Gasteiger partial charge < -0.3 is 15.4 Å². The lowest BCUT2D eigenvalue weighted by Crippen LogP contribution is -2.38. The van der Waals surface area contributed by atoms with Crippen LogP contribution in [0.2, 0.25) is 0 Å². The average Bonchev–Trinajstić information content (AvgIpc) is 2.86. The number of aryl methyl sites for hydroxylation is 1. The van der Waals surface area contributed by atoms with Crippen LogP contribution < -0.4 is 10.6 Å². The van der Waals surface area contributed by atoms with E-state index in [1.165, 1.54) is 11.4 Å². The van der Waals surface area contributed by atoms with Crippen molar-refractivity contribution in [3.05, 3.63) is 41.6 Å². The highest BCUT2D eigenvalue weighted by atomic mass is 16.5. The van der Waals surface area contributed by atoms with Crippen LogP contribution in [-0.2, 0) is 11.2 Å². The van der Waals surface area contributed by atoms with Crippen LogP contribution in [0.5, 0.6) is 0 Å². The van der Waals surface area contributed by atoms with Gasteiger partial charge in [-0.25, -0.2) is 4.68 Å². The molecule has 21 heavy (non-hydrogen) atoms. The normalized spacial score (nSPS) is 15.4. The van der Waals surface area contributed by atoms with Crippen LogP contribution in [0.3, 0.4) is 0 Å². The number of aromatic nitrogens is 2. The third-order valence-electron chi connectivity index (χ3n) is 3.86. The van der Waals surface area contributed by atoms with Crippen LogP contribution in [0.4, 0.5) is 5.82 Å². The number of nitrogens with two attached hydrogens (primary N) is 1. The van der Waals surface area contributed by atoms with Gasteiger partial charge in [-0.05, 0) is 32.0 Å². The summed E-state index contributed by atoms with van der Waals surface area (Å²) in [5.41, 5.74) is 9.20. The molecule has 0 amide bonds. The van der Waals surface area contributed by atoms with E-state index in [0.717, 1.165) is 44.1 Å². The molecule has 112 valence electrons. The number of hydrogen-bond donors (Lipinski definition) is 1. The molecule has 5 nitrogen and oxygen atoms in total. The molecular weight excluding hydrogens is 264 g/mol. The van der Waals surface area contributed by atoms with Crippen molar-refractivity contribution in [2.24, 2.45) is 5.73 Å². The van der Waals surface area contributed by atoms with Crippen LogP contribution in [0.25, 0.3) is 5.69 Å². The second-order valence-electron chi connectivity index (χ2n) is 5.27. The lowest BCUT2D eigenvalue weighted by atomic mass is 10.1. The smallest absolute Gasteiger partial charge is 0.136 e. The number of ether oxygens (including phenoxy) is 1. The highest BCUT2D eigenvalue weighted by Gasteiger charge is 2.22. The van der Waals surface area contributed by atoms with Crippen molar-refractivity contribution in [2.45, 2.75) is 13.3 Å². The summed E-state index contributed by atoms with van der Waals surface area (Å²) < 4.78 is 7.52. The first kappa shape index (κ1) is 14.1. The van der Waals surface area contributed by atoms with Gasteiger partial charge in [0.1, 0.15) is 5.82 Å². The van der Waals surface area contributed by atoms with Gasteiger partial charge in [-0.15, -0.1) is 0 Å². The first-order valence-corrected chi connectivity index (χ1v) is 7.48. The molecule has 0 spiro atoms. The maximum Gasteiger partial charge on any atom is 0.136 e. The number of para-hydroxylation sites is 1. The van der Waals surface area contributed by atoms with E-state index >= 15 is 0 Å². The monoisotopic (exact) mass is 286 g/mol. The summed E-state index contributed by atoms with van der Waals surface area (Å²) in [7, 11) is 0. The van der Waals surface area contributed by atoms with E-state index in [1.54, 1.807) is 0 Å². The van der Waals surface area contributed by atoms with Crippen molar-refractivity contribution in [3.8, 4) is 5.69 Å². The van der Waals surface area contributed by atoms with Crippen molar-refractivity contribution in [1.29, 1.82) is 0 Å². The predicted molar refractivity (Wildman–Crippen MR) is 84.1 cm³/mol. The highest BCUT2D eigenvalue weighted by Crippen LogP contribution is 2.28. The summed E-state index contributed by atoms with van der Waals surface area (Å²) in [4.78, 5) is 2.36. The molecule has 0 aliphatic carbocycles. The summed E-state index contributed by atoms with van der Waals surface area (Å²) in [6.45, 7) is 6.03. The molecule has 0 saturated carbocycles. The molecule has 2 heterocycles. The molecule has 2 aromatic rings. The Kier molecular flexibility index (Phi) is 4.22. The maximum absolute atomic E-state index is 5.80. The Bertz CT molecular complexity index is 588. The second kappa shape index (κ2) is 6.28. The van der Waals surface area contributed by atoms with Crippen LogP contribution in [-0.4, -0.2) is 42.6 Å². The van der Waals surface area contributed by atoms with E-state index in [2.05, 4.69) is 24.0 Å². The van der Waals surface area contributed by atoms with Crippen molar-refractivity contribution in [2.75, 3.05) is 37.7 Å². The van der Waals surface area contributed by atoms with Crippen molar-refractivity contribution in [1.82, 2.24) is 9.78 Å². The Morgan fingerprint density at radius 2 is 1.90 bits per heavy atom. The van der Waals surface area contributed by atoms with E-state index in [-0.39, 0.29) is 0 Å². The molecule has 1 aromatic carbocycles. The second-order valence-corrected chi connectivity index (χ2v) is 5.27. The number of nitrogens with zero attached hydrogens (tertiary/aromatic N) is 3. The molecule has 0 atom stereocenters. The van der Waals surface area contributed by atoms with Crippen molar-refractivity contribution < 1.29 is 4.74 Å². The minimum atomic E-state index is 0.638. The summed E-state index contributed by atoms with van der Waals surface area (Å²) >= 11 is 0. The Labute approximate surface area is 125 Å². The van der Waals surface area contributed by atoms with Gasteiger partial charge in [-0.1, -0.05) is 18.2 Å². The van der Waals surface area contributed by atoms with Crippen LogP contribution >= 0.6 is 0 Å². The SMILES string of the molecule is Cc1nn(-c2ccccc2)c(N2CCOCC2)c1CCN. The molecule has 2 N–H and O–H groups in total. The predicted octanol–water partition coefficient (Wildman–Crippen LogP) is 1.52. The summed E-state index contributed by atoms with van der Waals surface area (Å²) in [5, 5.41) is 4.75. The largest absolute Gasteiger partial charge is 0.378 e. The third-order valence-corrected chi connectivity index (χ3v) is 3.86. The molecule has 3 rings (SSSR count). The molecule has 1 fully saturated rings. The minimum Gasteiger partial charge on any atom is -0.378 e. The standard InChI is InChI=1S/C16H22N4O/c1-13-15(7-8-17)16(19-9-11-21-12-10-19)20(18-13)14-5-3-2-4-6-14/h2-6H,7-12,17H2,1H3. The maximum atomic E-state index is 5.80. The first-order chi connectivity index (χ1) is 10.3. The van der Waals surface area contributed by atoms with E-state index in [0.29, 0.717) is 6.54 Å². The van der Waals surface area contributed by atoms with Gasteiger partial charge in [-0.3, -0.25) is 0 Å². The van der Waals surface area contributed by atoms with Crippen LogP contribution in [0.1, 0.15) is 11.3 Å². The van der Waals surface area contributed by atoms with Crippen LogP contribution in [0, 0.1) is 6.92 Å². The molecule has 1 aromatic heterocycles. The molecule has 1 aliphatic rings. The van der Waals surface area contributed by atoms with Gasteiger partial charge >= 0.3 is 0 Å². The van der Waals surface area contributed by atoms with Crippen molar-refractivity contribution >= 4 is 5.82 Å². The molecule has 5 heteroatoms. The molecule has 0 bridgehead atoms. The van der Waals surface area contributed by atoms with Gasteiger partial charge in [-0.2, -0.15) is 5.10 Å². The van der Waals surface area contributed by atoms with Crippen molar-refractivity contribution in [3.63, 3.8) is 0 Å². The van der Waals surface area contributed by atoms with E-state index in [4.69, 9.17) is 15.6 Å². The van der Waals surface area contributed by atoms with Gasteiger partial charge in [0.15, 0.2) is 0 Å². The number of hydrogen-bond acceptors (Lipinski definition) is 4. The highest BCUT2D eigenvalue weighted by molar-refractivity contribution is 5.55. The van der Waals surface area contributed by atoms with E-state index < -0.39 is 0 Å². The topological polar surface area (TPSA) is 56.3 Å². The number of morpholine rings is 1. The van der Waals surface area contributed by atoms with Gasteiger partial charge in [0.05, 0.1) is 24.6 Å². The molecule has 1 aliphatic heterocycles. The fourth-order valence-corrected chi connectivity index (χ4v) is 2.83. The number of rotatable bonds is 4. The lowest BCUT2D eigenvalue weighted by Gasteiger charge is -2.30. The van der Waals surface area contributed by atoms with Gasteiger partial charge in [0.2, 0.25) is 0 Å². The zero-order valence-corrected chi connectivity index (χ0v) is 12.5. The summed E-state index contributed by atoms with van der Waals surface area (Å²) in [6, 6.07) is 10.3. The number of anilines is 1. The Hall–Kier alpha value is -1.85. The first-order valence-electron chi connectivity index (χ1n) is 7.48. The van der Waals surface area contributed by atoms with Gasteiger partial charge in [0, 0.05) is 18.7 Å². The quantitative estimate of drug-likeness (QED) is 0.926. The Balaban J connectivity index is 2.08. The molecule has 0 radical (unpaired) electrons. The summed E-state index contributed by atoms with van der Waals surface area (Å²) in [6.07, 6.45) is 0.853. The third kappa shape index (κ3) is 2.80. The molecular formula is C16H22N4O. The lowest BCUT2D eigenvalue weighted by molar-refractivity contribution is 0.122. The zero-order valence-electron chi connectivity index (χ0n) is 12.5. The fourth-order valence-electron chi connectivity index (χ4n) is 2.83. The van der Waals surface area contributed by atoms with E-state index in [1.807, 2.05) is 22.9 Å². The molecule has 0 unspecified atom stereocenters.